The third-order valence-corrected chi connectivity index (χ3v) is 4.13. The summed E-state index contributed by atoms with van der Waals surface area (Å²) >= 11 is 10.8. The van der Waals surface area contributed by atoms with Gasteiger partial charge in [-0.05, 0) is 19.1 Å². The molecule has 1 heterocycles. The Kier molecular flexibility index (Phi) is 6.35. The molecule has 1 aromatic carbocycles. The largest absolute Gasteiger partial charge is 0.466 e. The lowest BCUT2D eigenvalue weighted by molar-refractivity contribution is -0.142. The summed E-state index contributed by atoms with van der Waals surface area (Å²) in [5, 5.41) is 7.08. The molecule has 0 aliphatic rings. The molecule has 0 fully saturated rings. The summed E-state index contributed by atoms with van der Waals surface area (Å²) in [6.45, 7) is 2.14. The summed E-state index contributed by atoms with van der Waals surface area (Å²) in [6, 6.07) is 5.53. The predicted octanol–water partition coefficient (Wildman–Crippen LogP) is 4.11. The SMILES string of the molecule is CCOC(=O)Cc1csc(NN=Cc2ccc(Br)cc2Cl)n1. The zero-order valence-corrected chi connectivity index (χ0v) is 14.8. The van der Waals surface area contributed by atoms with Crippen LogP contribution >= 0.6 is 38.9 Å². The van der Waals surface area contributed by atoms with Crippen molar-refractivity contribution in [2.75, 3.05) is 12.0 Å². The molecule has 0 bridgehead atoms. The first-order valence-corrected chi connectivity index (χ1v) is 8.47. The van der Waals surface area contributed by atoms with Crippen LogP contribution in [0.25, 0.3) is 0 Å². The van der Waals surface area contributed by atoms with Crippen molar-refractivity contribution >= 4 is 56.2 Å². The molecule has 1 aromatic heterocycles. The normalized spacial score (nSPS) is 10.9. The molecule has 0 aliphatic carbocycles. The second-order valence-electron chi connectivity index (χ2n) is 4.16. The van der Waals surface area contributed by atoms with Gasteiger partial charge in [-0.3, -0.25) is 10.2 Å². The minimum atomic E-state index is -0.288. The molecule has 116 valence electrons. The number of carbonyl (C=O) groups excluding carboxylic acids is 1. The van der Waals surface area contributed by atoms with Gasteiger partial charge in [0.15, 0.2) is 0 Å². The molecular weight excluding hydrogens is 390 g/mol. The van der Waals surface area contributed by atoms with E-state index in [1.165, 1.54) is 11.3 Å². The molecule has 0 radical (unpaired) electrons. The molecule has 2 rings (SSSR count). The van der Waals surface area contributed by atoms with Gasteiger partial charge in [0.1, 0.15) is 0 Å². The number of halogens is 2. The van der Waals surface area contributed by atoms with Gasteiger partial charge in [-0.25, -0.2) is 4.98 Å². The standard InChI is InChI=1S/C14H13BrClN3O2S/c1-2-21-13(20)6-11-8-22-14(18-11)19-17-7-9-3-4-10(15)5-12(9)16/h3-5,7-8H,2,6H2,1H3,(H,18,19). The van der Waals surface area contributed by atoms with Gasteiger partial charge in [-0.2, -0.15) is 5.10 Å². The first kappa shape index (κ1) is 16.9. The second-order valence-corrected chi connectivity index (χ2v) is 6.34. The average Bonchev–Trinajstić information content (AvgIpc) is 2.89. The van der Waals surface area contributed by atoms with E-state index in [2.05, 4.69) is 31.4 Å². The van der Waals surface area contributed by atoms with E-state index in [0.717, 1.165) is 10.0 Å². The zero-order chi connectivity index (χ0) is 15.9. The highest BCUT2D eigenvalue weighted by Crippen LogP contribution is 2.20. The van der Waals surface area contributed by atoms with E-state index < -0.39 is 0 Å². The number of thiazole rings is 1. The van der Waals surface area contributed by atoms with Gasteiger partial charge in [0.25, 0.3) is 0 Å². The zero-order valence-electron chi connectivity index (χ0n) is 11.7. The summed E-state index contributed by atoms with van der Waals surface area (Å²) in [5.74, 6) is -0.288. The van der Waals surface area contributed by atoms with Crippen molar-refractivity contribution in [3.63, 3.8) is 0 Å². The number of anilines is 1. The molecule has 2 aromatic rings. The highest BCUT2D eigenvalue weighted by atomic mass is 79.9. The van der Waals surface area contributed by atoms with Crippen LogP contribution in [0.3, 0.4) is 0 Å². The Morgan fingerprint density at radius 3 is 3.14 bits per heavy atom. The lowest BCUT2D eigenvalue weighted by Crippen LogP contribution is -2.07. The van der Waals surface area contributed by atoms with E-state index in [0.29, 0.717) is 22.5 Å². The van der Waals surface area contributed by atoms with E-state index >= 15 is 0 Å². The molecule has 0 saturated heterocycles. The molecule has 8 heteroatoms. The molecule has 0 aliphatic heterocycles. The maximum Gasteiger partial charge on any atom is 0.311 e. The van der Waals surface area contributed by atoms with Crippen molar-refractivity contribution in [3.8, 4) is 0 Å². The summed E-state index contributed by atoms with van der Waals surface area (Å²) in [7, 11) is 0. The lowest BCUT2D eigenvalue weighted by atomic mass is 10.2. The quantitative estimate of drug-likeness (QED) is 0.449. The fourth-order valence-electron chi connectivity index (χ4n) is 1.56. The smallest absolute Gasteiger partial charge is 0.311 e. The summed E-state index contributed by atoms with van der Waals surface area (Å²) in [4.78, 5) is 15.6. The highest BCUT2D eigenvalue weighted by Gasteiger charge is 2.07. The van der Waals surface area contributed by atoms with E-state index in [1.807, 2.05) is 12.1 Å². The van der Waals surface area contributed by atoms with E-state index in [1.54, 1.807) is 24.6 Å². The summed E-state index contributed by atoms with van der Waals surface area (Å²) in [5.41, 5.74) is 4.26. The van der Waals surface area contributed by atoms with Crippen molar-refractivity contribution in [2.45, 2.75) is 13.3 Å². The van der Waals surface area contributed by atoms with Crippen molar-refractivity contribution in [1.82, 2.24) is 4.98 Å². The van der Waals surface area contributed by atoms with Crippen LogP contribution in [-0.4, -0.2) is 23.8 Å². The Morgan fingerprint density at radius 2 is 2.41 bits per heavy atom. The summed E-state index contributed by atoms with van der Waals surface area (Å²) < 4.78 is 5.78. The first-order chi connectivity index (χ1) is 10.6. The van der Waals surface area contributed by atoms with Crippen LogP contribution < -0.4 is 5.43 Å². The van der Waals surface area contributed by atoms with E-state index in [4.69, 9.17) is 16.3 Å². The molecule has 22 heavy (non-hydrogen) atoms. The van der Waals surface area contributed by atoms with Crippen LogP contribution in [0.15, 0.2) is 33.2 Å². The minimum Gasteiger partial charge on any atom is -0.466 e. The maximum atomic E-state index is 11.4. The Balaban J connectivity index is 1.93. The van der Waals surface area contributed by atoms with Gasteiger partial charge in [-0.1, -0.05) is 33.6 Å². The minimum absolute atomic E-state index is 0.161. The van der Waals surface area contributed by atoms with Crippen molar-refractivity contribution < 1.29 is 9.53 Å². The van der Waals surface area contributed by atoms with Gasteiger partial charge < -0.3 is 4.74 Å². The molecule has 1 N–H and O–H groups in total. The fourth-order valence-corrected chi connectivity index (χ4v) is 2.94. The monoisotopic (exact) mass is 401 g/mol. The Labute approximate surface area is 145 Å². The second kappa shape index (κ2) is 8.26. The van der Waals surface area contributed by atoms with E-state index in [-0.39, 0.29) is 12.4 Å². The fraction of sp³-hybridized carbons (Fsp3) is 0.214. The number of esters is 1. The van der Waals surface area contributed by atoms with Crippen LogP contribution in [0.1, 0.15) is 18.2 Å². The molecule has 0 saturated carbocycles. The number of nitrogens with zero attached hydrogens (tertiary/aromatic N) is 2. The Bertz CT molecular complexity index is 690. The third-order valence-electron chi connectivity index (χ3n) is 2.51. The van der Waals surface area contributed by atoms with Crippen LogP contribution in [0.2, 0.25) is 5.02 Å². The van der Waals surface area contributed by atoms with Crippen LogP contribution in [0.5, 0.6) is 0 Å². The Morgan fingerprint density at radius 1 is 1.59 bits per heavy atom. The molecular formula is C14H13BrClN3O2S. The number of hydrazone groups is 1. The van der Waals surface area contributed by atoms with Crippen LogP contribution in [0, 0.1) is 0 Å². The highest BCUT2D eigenvalue weighted by molar-refractivity contribution is 9.10. The van der Waals surface area contributed by atoms with Crippen LogP contribution in [-0.2, 0) is 16.0 Å². The number of hydrogen-bond donors (Lipinski definition) is 1. The molecule has 0 spiro atoms. The first-order valence-electron chi connectivity index (χ1n) is 6.42. The van der Waals surface area contributed by atoms with Gasteiger partial charge in [0.05, 0.1) is 30.0 Å². The van der Waals surface area contributed by atoms with Crippen molar-refractivity contribution in [2.24, 2.45) is 5.10 Å². The average molecular weight is 403 g/mol. The lowest BCUT2D eigenvalue weighted by Gasteiger charge is -1.99. The van der Waals surface area contributed by atoms with Crippen LogP contribution in [0.4, 0.5) is 5.13 Å². The molecule has 0 amide bonds. The number of nitrogens with one attached hydrogen (secondary N) is 1. The molecule has 0 atom stereocenters. The maximum absolute atomic E-state index is 11.4. The third kappa shape index (κ3) is 5.08. The van der Waals surface area contributed by atoms with Gasteiger partial charge in [0, 0.05) is 15.4 Å². The van der Waals surface area contributed by atoms with E-state index in [9.17, 15) is 4.79 Å². The number of carbonyl (C=O) groups is 1. The number of aromatic nitrogens is 1. The van der Waals surface area contributed by atoms with Gasteiger partial charge >= 0.3 is 5.97 Å². The molecule has 5 nitrogen and oxygen atoms in total. The topological polar surface area (TPSA) is 63.6 Å². The van der Waals surface area contributed by atoms with Gasteiger partial charge in [-0.15, -0.1) is 11.3 Å². The van der Waals surface area contributed by atoms with Crippen molar-refractivity contribution in [1.29, 1.82) is 0 Å². The molecule has 0 unspecified atom stereocenters. The summed E-state index contributed by atoms with van der Waals surface area (Å²) in [6.07, 6.45) is 1.77. The number of hydrogen-bond acceptors (Lipinski definition) is 6. The number of rotatable bonds is 6. The number of ether oxygens (including phenoxy) is 1. The van der Waals surface area contributed by atoms with Crippen molar-refractivity contribution in [3.05, 3.63) is 44.3 Å². The Hall–Kier alpha value is -1.44. The van der Waals surface area contributed by atoms with Gasteiger partial charge in [0.2, 0.25) is 5.13 Å². The number of benzene rings is 1. The predicted molar refractivity (Wildman–Crippen MR) is 92.8 cm³/mol.